The van der Waals surface area contributed by atoms with Crippen LogP contribution < -0.4 is 15.9 Å². The molecule has 2 aromatic carbocycles. The molecule has 5 N–H and O–H groups in total. The lowest BCUT2D eigenvalue weighted by atomic mass is 10.0. The second-order valence-corrected chi connectivity index (χ2v) is 10.5. The molecule has 2 aliphatic heterocycles. The highest BCUT2D eigenvalue weighted by Crippen LogP contribution is 2.29. The lowest BCUT2D eigenvalue weighted by molar-refractivity contribution is -0.132. The van der Waals surface area contributed by atoms with E-state index < -0.39 is 18.3 Å². The van der Waals surface area contributed by atoms with Crippen LogP contribution in [0.5, 0.6) is 5.75 Å². The maximum atomic E-state index is 12.9. The van der Waals surface area contributed by atoms with E-state index in [4.69, 9.17) is 20.6 Å². The molecule has 224 valence electrons. The number of fused-ring (bicyclic) bond motifs is 1. The Kier molecular flexibility index (Phi) is 9.69. The molecule has 3 aromatic rings. The smallest absolute Gasteiger partial charge is 0.427 e. The SMILES string of the molecule is CCCC1OC(=O)N(C2CCN(NC(=O)Oc3ccc4[nH]c(C)nc4c3CCc3ccc(C(=N)N)cc3)CC2)C1=O.Cl. The minimum absolute atomic E-state index is 0. The highest BCUT2D eigenvalue weighted by atomic mass is 35.5. The molecule has 2 fully saturated rings. The molecular weight excluding hydrogens is 562 g/mol. The van der Waals surface area contributed by atoms with E-state index in [2.05, 4.69) is 15.4 Å². The molecule has 1 aromatic heterocycles. The molecule has 2 aliphatic rings. The molecule has 5 rings (SSSR count). The van der Waals surface area contributed by atoms with Crippen molar-refractivity contribution in [3.05, 3.63) is 58.9 Å². The Labute approximate surface area is 249 Å². The first-order chi connectivity index (χ1) is 19.7. The lowest BCUT2D eigenvalue weighted by Gasteiger charge is -2.34. The molecule has 0 aliphatic carbocycles. The van der Waals surface area contributed by atoms with E-state index in [0.29, 0.717) is 56.5 Å². The standard InChI is InChI=1S/C29H35N7O5.ClH/c1-3-4-24-27(37)36(29(39)41-24)20-13-15-35(16-14-20)34-28(38)40-23-12-11-22-25(33-17(2)32-22)21(23)10-7-18-5-8-19(9-6-18)26(30)31;/h5-6,8-9,11-12,20,24H,3-4,7,10,13-16H2,1-2H3,(H3,30,31)(H,32,33)(H,34,38);1H. The van der Waals surface area contributed by atoms with Gasteiger partial charge in [0.25, 0.3) is 5.91 Å². The average Bonchev–Trinajstić information content (AvgIpc) is 3.46. The van der Waals surface area contributed by atoms with Gasteiger partial charge in [-0.25, -0.2) is 24.5 Å². The summed E-state index contributed by atoms with van der Waals surface area (Å²) in [4.78, 5) is 47.0. The number of rotatable bonds is 9. The van der Waals surface area contributed by atoms with Gasteiger partial charge >= 0.3 is 12.2 Å². The lowest BCUT2D eigenvalue weighted by Crippen LogP contribution is -2.53. The van der Waals surface area contributed by atoms with Crippen molar-refractivity contribution >= 4 is 47.4 Å². The number of nitrogens with one attached hydrogen (secondary N) is 3. The number of aromatic nitrogens is 2. The summed E-state index contributed by atoms with van der Waals surface area (Å²) in [6.45, 7) is 4.73. The van der Waals surface area contributed by atoms with Crippen molar-refractivity contribution in [2.45, 2.75) is 64.5 Å². The van der Waals surface area contributed by atoms with Crippen molar-refractivity contribution in [1.29, 1.82) is 5.41 Å². The van der Waals surface area contributed by atoms with Crippen LogP contribution in [0.3, 0.4) is 0 Å². The van der Waals surface area contributed by atoms with Crippen molar-refractivity contribution in [1.82, 2.24) is 25.3 Å². The Bertz CT molecular complexity index is 1470. The number of nitrogens with zero attached hydrogens (tertiary/aromatic N) is 3. The van der Waals surface area contributed by atoms with Gasteiger partial charge in [-0.1, -0.05) is 37.6 Å². The van der Waals surface area contributed by atoms with Crippen molar-refractivity contribution in [2.75, 3.05) is 13.1 Å². The first kappa shape index (κ1) is 30.8. The maximum Gasteiger partial charge on any atom is 0.427 e. The molecule has 3 amide bonds. The third kappa shape index (κ3) is 6.66. The summed E-state index contributed by atoms with van der Waals surface area (Å²) >= 11 is 0. The van der Waals surface area contributed by atoms with Crippen molar-refractivity contribution < 1.29 is 23.9 Å². The predicted molar refractivity (Wildman–Crippen MR) is 159 cm³/mol. The number of amides is 3. The van der Waals surface area contributed by atoms with Crippen LogP contribution in [-0.4, -0.2) is 69.0 Å². The molecule has 3 heterocycles. The van der Waals surface area contributed by atoms with Gasteiger partial charge in [0, 0.05) is 30.3 Å². The van der Waals surface area contributed by atoms with E-state index in [1.165, 1.54) is 4.90 Å². The van der Waals surface area contributed by atoms with Crippen LogP contribution in [0.15, 0.2) is 36.4 Å². The van der Waals surface area contributed by atoms with E-state index in [1.54, 1.807) is 11.1 Å². The Hall–Kier alpha value is -4.16. The number of carbonyl (C=O) groups is 3. The average molecular weight is 598 g/mol. The zero-order chi connectivity index (χ0) is 29.1. The largest absolute Gasteiger partial charge is 0.436 e. The summed E-state index contributed by atoms with van der Waals surface area (Å²) in [5.74, 6) is 0.933. The van der Waals surface area contributed by atoms with E-state index >= 15 is 0 Å². The zero-order valence-corrected chi connectivity index (χ0v) is 24.5. The number of ether oxygens (including phenoxy) is 2. The van der Waals surface area contributed by atoms with Crippen molar-refractivity contribution in [3.63, 3.8) is 0 Å². The molecule has 12 nitrogen and oxygen atoms in total. The number of hydrogen-bond donors (Lipinski definition) is 4. The maximum absolute atomic E-state index is 12.9. The summed E-state index contributed by atoms with van der Waals surface area (Å²) in [6.07, 6.45) is 1.67. The van der Waals surface area contributed by atoms with Gasteiger partial charge in [-0.2, -0.15) is 0 Å². The molecular formula is C29H36ClN7O5. The number of H-pyrrole nitrogens is 1. The van der Waals surface area contributed by atoms with Crippen LogP contribution in [0.4, 0.5) is 9.59 Å². The molecule has 13 heteroatoms. The topological polar surface area (TPSA) is 167 Å². The first-order valence-electron chi connectivity index (χ1n) is 13.9. The van der Waals surface area contributed by atoms with Crippen LogP contribution in [0.25, 0.3) is 11.0 Å². The number of piperidine rings is 1. The first-order valence-corrected chi connectivity index (χ1v) is 13.9. The zero-order valence-electron chi connectivity index (χ0n) is 23.6. The van der Waals surface area contributed by atoms with Gasteiger partial charge in [0.2, 0.25) is 0 Å². The van der Waals surface area contributed by atoms with Gasteiger partial charge in [-0.15, -0.1) is 12.4 Å². The Morgan fingerprint density at radius 1 is 1.17 bits per heavy atom. The highest BCUT2D eigenvalue weighted by molar-refractivity contribution is 6.00. The van der Waals surface area contributed by atoms with Crippen LogP contribution >= 0.6 is 12.4 Å². The minimum atomic E-state index is -0.691. The van der Waals surface area contributed by atoms with Crippen LogP contribution in [0.2, 0.25) is 0 Å². The number of imidazole rings is 1. The number of halogens is 1. The van der Waals surface area contributed by atoms with Crippen molar-refractivity contribution in [3.8, 4) is 5.75 Å². The van der Waals surface area contributed by atoms with E-state index in [0.717, 1.165) is 34.4 Å². The molecule has 42 heavy (non-hydrogen) atoms. The number of aromatic amines is 1. The number of nitrogens with two attached hydrogens (primary N) is 1. The number of hydrogen-bond acceptors (Lipinski definition) is 8. The van der Waals surface area contributed by atoms with Gasteiger partial charge in [0.1, 0.15) is 17.4 Å². The quantitative estimate of drug-likeness (QED) is 0.212. The van der Waals surface area contributed by atoms with Gasteiger partial charge in [0.05, 0.1) is 11.0 Å². The predicted octanol–water partition coefficient (Wildman–Crippen LogP) is 3.98. The molecule has 1 unspecified atom stereocenters. The van der Waals surface area contributed by atoms with Gasteiger partial charge in [-0.05, 0) is 56.7 Å². The summed E-state index contributed by atoms with van der Waals surface area (Å²) in [5.41, 5.74) is 12.5. The molecule has 0 bridgehead atoms. The summed E-state index contributed by atoms with van der Waals surface area (Å²) in [5, 5.41) is 9.32. The van der Waals surface area contributed by atoms with Gasteiger partial charge in [-0.3, -0.25) is 15.6 Å². The van der Waals surface area contributed by atoms with Gasteiger partial charge in [0.15, 0.2) is 6.10 Å². The molecule has 0 saturated carbocycles. The summed E-state index contributed by atoms with van der Waals surface area (Å²) in [7, 11) is 0. The number of nitrogen functional groups attached to an aromatic ring is 1. The second-order valence-electron chi connectivity index (χ2n) is 10.5. The fraction of sp³-hybridized carbons (Fsp3) is 0.414. The molecule has 2 saturated heterocycles. The number of cyclic esters (lactones) is 1. The number of carbonyl (C=O) groups excluding carboxylic acids is 3. The number of hydrazine groups is 1. The number of benzene rings is 2. The fourth-order valence-electron chi connectivity index (χ4n) is 5.43. The molecule has 0 radical (unpaired) electrons. The Morgan fingerprint density at radius 2 is 1.88 bits per heavy atom. The monoisotopic (exact) mass is 597 g/mol. The minimum Gasteiger partial charge on any atom is -0.436 e. The molecule has 1 atom stereocenters. The second kappa shape index (κ2) is 13.2. The van der Waals surface area contributed by atoms with E-state index in [1.807, 2.05) is 44.2 Å². The van der Waals surface area contributed by atoms with Crippen LogP contribution in [0.1, 0.15) is 55.1 Å². The summed E-state index contributed by atoms with van der Waals surface area (Å²) < 4.78 is 11.0. The third-order valence-electron chi connectivity index (χ3n) is 7.55. The number of imide groups is 1. The van der Waals surface area contributed by atoms with E-state index in [-0.39, 0.29) is 30.2 Å². The van der Waals surface area contributed by atoms with E-state index in [9.17, 15) is 14.4 Å². The van der Waals surface area contributed by atoms with Crippen LogP contribution in [-0.2, 0) is 22.4 Å². The fourth-order valence-corrected chi connectivity index (χ4v) is 5.43. The normalized spacial score (nSPS) is 17.7. The molecule has 0 spiro atoms. The van der Waals surface area contributed by atoms with Crippen LogP contribution in [0, 0.1) is 12.3 Å². The Balaban J connectivity index is 0.00000405. The number of amidine groups is 1. The van der Waals surface area contributed by atoms with Gasteiger partial charge < -0.3 is 20.2 Å². The Morgan fingerprint density at radius 3 is 2.55 bits per heavy atom. The highest BCUT2D eigenvalue weighted by Gasteiger charge is 2.44. The number of aryl methyl sites for hydroxylation is 3. The summed E-state index contributed by atoms with van der Waals surface area (Å²) in [6, 6.07) is 10.8. The third-order valence-corrected chi connectivity index (χ3v) is 7.55. The van der Waals surface area contributed by atoms with Crippen molar-refractivity contribution in [2.24, 2.45) is 5.73 Å².